The third-order valence-electron chi connectivity index (χ3n) is 4.31. The Bertz CT molecular complexity index is 622. The van der Waals surface area contributed by atoms with Crippen LogP contribution in [0.3, 0.4) is 0 Å². The summed E-state index contributed by atoms with van der Waals surface area (Å²) >= 11 is 0. The van der Waals surface area contributed by atoms with Gasteiger partial charge in [0.25, 0.3) is 0 Å². The molecule has 5 heteroatoms. The van der Waals surface area contributed by atoms with E-state index in [1.54, 1.807) is 0 Å². The fourth-order valence-electron chi connectivity index (χ4n) is 3.26. The molecule has 22 heavy (non-hydrogen) atoms. The topological polar surface area (TPSA) is 50.5 Å². The monoisotopic (exact) mass is 301 g/mol. The normalized spacial score (nSPS) is 19.5. The summed E-state index contributed by atoms with van der Waals surface area (Å²) in [6.45, 7) is 7.22. The number of benzene rings is 1. The predicted molar refractivity (Wildman–Crippen MR) is 85.3 cm³/mol. The van der Waals surface area contributed by atoms with E-state index in [0.29, 0.717) is 13.2 Å². The first-order chi connectivity index (χ1) is 10.7. The van der Waals surface area contributed by atoms with Crippen LogP contribution in [0.1, 0.15) is 23.0 Å². The van der Waals surface area contributed by atoms with Gasteiger partial charge in [0.15, 0.2) is 0 Å². The highest BCUT2D eigenvalue weighted by Crippen LogP contribution is 2.30. The van der Waals surface area contributed by atoms with E-state index in [1.165, 1.54) is 5.56 Å². The number of ether oxygens (including phenoxy) is 1. The molecular weight excluding hydrogens is 278 g/mol. The molecule has 1 aliphatic heterocycles. The van der Waals surface area contributed by atoms with E-state index in [2.05, 4.69) is 24.0 Å². The number of aliphatic hydroxyl groups is 1. The summed E-state index contributed by atoms with van der Waals surface area (Å²) in [7, 11) is 0. The SMILES string of the molecule is Cc1nn(-c2ccccc2)c(C)c1[C@@H]1COCCN1CCO. The minimum absolute atomic E-state index is 0.165. The molecule has 0 saturated carbocycles. The van der Waals surface area contributed by atoms with Gasteiger partial charge in [-0.05, 0) is 26.0 Å². The van der Waals surface area contributed by atoms with E-state index < -0.39 is 0 Å². The molecular formula is C17H23N3O2. The van der Waals surface area contributed by atoms with Gasteiger partial charge in [-0.25, -0.2) is 4.68 Å². The standard InChI is InChI=1S/C17H23N3O2/c1-13-17(16-12-22-11-9-19(16)8-10-21)14(2)20(18-13)15-6-4-3-5-7-15/h3-7,16,21H,8-12H2,1-2H3/t16-/m0/s1. The van der Waals surface area contributed by atoms with Crippen molar-refractivity contribution in [3.63, 3.8) is 0 Å². The van der Waals surface area contributed by atoms with E-state index in [9.17, 15) is 5.11 Å². The zero-order valence-electron chi connectivity index (χ0n) is 13.2. The average Bonchev–Trinajstić information content (AvgIpc) is 2.84. The second kappa shape index (κ2) is 6.60. The summed E-state index contributed by atoms with van der Waals surface area (Å²) in [5.41, 5.74) is 4.46. The Kier molecular flexibility index (Phi) is 4.57. The van der Waals surface area contributed by atoms with Crippen molar-refractivity contribution in [3.8, 4) is 5.69 Å². The van der Waals surface area contributed by atoms with Crippen LogP contribution < -0.4 is 0 Å². The maximum Gasteiger partial charge on any atom is 0.0665 e. The molecule has 1 N–H and O–H groups in total. The number of hydrogen-bond acceptors (Lipinski definition) is 4. The van der Waals surface area contributed by atoms with Crippen molar-refractivity contribution in [3.05, 3.63) is 47.3 Å². The molecule has 5 nitrogen and oxygen atoms in total. The fourth-order valence-corrected chi connectivity index (χ4v) is 3.26. The lowest BCUT2D eigenvalue weighted by Gasteiger charge is -2.35. The number of para-hydroxylation sites is 1. The zero-order valence-corrected chi connectivity index (χ0v) is 13.2. The number of hydrogen-bond donors (Lipinski definition) is 1. The molecule has 0 aliphatic carbocycles. The Morgan fingerprint density at radius 3 is 2.77 bits per heavy atom. The van der Waals surface area contributed by atoms with Crippen molar-refractivity contribution in [2.45, 2.75) is 19.9 Å². The Balaban J connectivity index is 1.98. The van der Waals surface area contributed by atoms with Crippen molar-refractivity contribution in [1.29, 1.82) is 0 Å². The highest BCUT2D eigenvalue weighted by atomic mass is 16.5. The summed E-state index contributed by atoms with van der Waals surface area (Å²) in [4.78, 5) is 2.29. The fraction of sp³-hybridized carbons (Fsp3) is 0.471. The van der Waals surface area contributed by atoms with Crippen LogP contribution in [0.5, 0.6) is 0 Å². The molecule has 1 atom stereocenters. The lowest BCUT2D eigenvalue weighted by Crippen LogP contribution is -2.41. The van der Waals surface area contributed by atoms with Gasteiger partial charge in [0.05, 0.1) is 37.2 Å². The molecule has 3 rings (SSSR count). The molecule has 0 amide bonds. The Morgan fingerprint density at radius 2 is 2.05 bits per heavy atom. The maximum atomic E-state index is 9.30. The molecule has 1 aromatic heterocycles. The first kappa shape index (κ1) is 15.2. The molecule has 118 valence electrons. The highest BCUT2D eigenvalue weighted by molar-refractivity contribution is 5.38. The summed E-state index contributed by atoms with van der Waals surface area (Å²) in [5.74, 6) is 0. The van der Waals surface area contributed by atoms with Gasteiger partial charge < -0.3 is 9.84 Å². The Hall–Kier alpha value is -1.69. The van der Waals surface area contributed by atoms with Gasteiger partial charge in [0.1, 0.15) is 0 Å². The van der Waals surface area contributed by atoms with Crippen molar-refractivity contribution < 1.29 is 9.84 Å². The highest BCUT2D eigenvalue weighted by Gasteiger charge is 2.29. The molecule has 0 spiro atoms. The first-order valence-electron chi connectivity index (χ1n) is 7.76. The van der Waals surface area contributed by atoms with Gasteiger partial charge in [-0.3, -0.25) is 4.90 Å². The van der Waals surface area contributed by atoms with Crippen molar-refractivity contribution >= 4 is 0 Å². The summed E-state index contributed by atoms with van der Waals surface area (Å²) in [5, 5.41) is 14.0. The van der Waals surface area contributed by atoms with E-state index in [0.717, 1.165) is 30.2 Å². The third kappa shape index (κ3) is 2.79. The minimum Gasteiger partial charge on any atom is -0.395 e. The van der Waals surface area contributed by atoms with Gasteiger partial charge in [-0.15, -0.1) is 0 Å². The van der Waals surface area contributed by atoms with Crippen LogP contribution >= 0.6 is 0 Å². The second-order valence-corrected chi connectivity index (χ2v) is 5.68. The van der Waals surface area contributed by atoms with Gasteiger partial charge in [-0.2, -0.15) is 5.10 Å². The number of nitrogens with zero attached hydrogens (tertiary/aromatic N) is 3. The van der Waals surface area contributed by atoms with Gasteiger partial charge in [-0.1, -0.05) is 18.2 Å². The van der Waals surface area contributed by atoms with Crippen molar-refractivity contribution in [1.82, 2.24) is 14.7 Å². The molecule has 0 bridgehead atoms. The molecule has 1 aromatic carbocycles. The molecule has 1 aliphatic rings. The van der Waals surface area contributed by atoms with Crippen LogP contribution in [-0.2, 0) is 4.74 Å². The predicted octanol–water partition coefficient (Wildman–Crippen LogP) is 1.85. The molecule has 1 saturated heterocycles. The number of morpholine rings is 1. The summed E-state index contributed by atoms with van der Waals surface area (Å²) in [6.07, 6.45) is 0. The zero-order chi connectivity index (χ0) is 15.5. The number of aromatic nitrogens is 2. The second-order valence-electron chi connectivity index (χ2n) is 5.68. The average molecular weight is 301 g/mol. The maximum absolute atomic E-state index is 9.30. The van der Waals surface area contributed by atoms with Crippen LogP contribution in [0.15, 0.2) is 30.3 Å². The third-order valence-corrected chi connectivity index (χ3v) is 4.31. The van der Waals surface area contributed by atoms with Crippen LogP contribution in [0.4, 0.5) is 0 Å². The van der Waals surface area contributed by atoms with Crippen LogP contribution in [-0.4, -0.2) is 52.7 Å². The lowest BCUT2D eigenvalue weighted by atomic mass is 10.0. The van der Waals surface area contributed by atoms with Gasteiger partial charge in [0.2, 0.25) is 0 Å². The molecule has 2 aromatic rings. The molecule has 0 radical (unpaired) electrons. The number of aryl methyl sites for hydroxylation is 1. The largest absolute Gasteiger partial charge is 0.395 e. The Morgan fingerprint density at radius 1 is 1.27 bits per heavy atom. The van der Waals surface area contributed by atoms with E-state index >= 15 is 0 Å². The summed E-state index contributed by atoms with van der Waals surface area (Å²) < 4.78 is 7.67. The molecule has 1 fully saturated rings. The van der Waals surface area contributed by atoms with Crippen molar-refractivity contribution in [2.24, 2.45) is 0 Å². The van der Waals surface area contributed by atoms with E-state index in [-0.39, 0.29) is 12.6 Å². The van der Waals surface area contributed by atoms with Gasteiger partial charge in [0, 0.05) is 24.3 Å². The van der Waals surface area contributed by atoms with Crippen LogP contribution in [0, 0.1) is 13.8 Å². The van der Waals surface area contributed by atoms with E-state index in [4.69, 9.17) is 9.84 Å². The first-order valence-corrected chi connectivity index (χ1v) is 7.76. The molecule has 0 unspecified atom stereocenters. The van der Waals surface area contributed by atoms with Crippen molar-refractivity contribution in [2.75, 3.05) is 32.9 Å². The van der Waals surface area contributed by atoms with Gasteiger partial charge >= 0.3 is 0 Å². The number of β-amino-alcohol motifs (C(OH)–C–C–N with tert-alkyl or cyclic N) is 1. The quantitative estimate of drug-likeness (QED) is 0.936. The lowest BCUT2D eigenvalue weighted by molar-refractivity contribution is -0.0150. The van der Waals surface area contributed by atoms with E-state index in [1.807, 2.05) is 29.8 Å². The summed E-state index contributed by atoms with van der Waals surface area (Å²) in [6, 6.07) is 10.3. The van der Waals surface area contributed by atoms with Crippen LogP contribution in [0.2, 0.25) is 0 Å². The smallest absolute Gasteiger partial charge is 0.0665 e. The number of aliphatic hydroxyl groups excluding tert-OH is 1. The Labute approximate surface area is 131 Å². The van der Waals surface area contributed by atoms with Crippen LogP contribution in [0.25, 0.3) is 5.69 Å². The minimum atomic E-state index is 0.165. The number of rotatable bonds is 4. The molecule has 2 heterocycles.